The van der Waals surface area contributed by atoms with Crippen LogP contribution >= 0.6 is 0 Å². The number of rotatable bonds is 4. The highest BCUT2D eigenvalue weighted by molar-refractivity contribution is 7.82. The largest absolute Gasteiger partial charge is 0.414 e. The lowest BCUT2D eigenvalue weighted by atomic mass is 10.1. The van der Waals surface area contributed by atoms with E-state index in [1.807, 2.05) is 30.3 Å². The van der Waals surface area contributed by atoms with E-state index in [1.165, 1.54) is 0 Å². The van der Waals surface area contributed by atoms with Crippen LogP contribution in [0.15, 0.2) is 30.3 Å². The minimum atomic E-state index is -3.96. The van der Waals surface area contributed by atoms with Crippen LogP contribution in [0.25, 0.3) is 0 Å². The van der Waals surface area contributed by atoms with Crippen molar-refractivity contribution in [3.05, 3.63) is 35.9 Å². The molecule has 0 spiro atoms. The fraction of sp³-hybridized carbons (Fsp3) is 0.600. The molecule has 1 aromatic rings. The van der Waals surface area contributed by atoms with Crippen molar-refractivity contribution < 1.29 is 21.2 Å². The van der Waals surface area contributed by atoms with E-state index in [9.17, 15) is 8.42 Å². The zero-order chi connectivity index (χ0) is 16.6. The molecule has 7 heteroatoms. The van der Waals surface area contributed by atoms with E-state index in [1.54, 1.807) is 0 Å². The van der Waals surface area contributed by atoms with Gasteiger partial charge in [0, 0.05) is 0 Å². The maximum absolute atomic E-state index is 11.7. The van der Waals surface area contributed by atoms with Gasteiger partial charge in [-0.1, -0.05) is 51.1 Å². The Kier molecular flexibility index (Phi) is 4.84. The summed E-state index contributed by atoms with van der Waals surface area (Å²) in [5.74, 6) is 0. The molecule has 1 heterocycles. The zero-order valence-electron chi connectivity index (χ0n) is 13.7. The third-order valence-electron chi connectivity index (χ3n) is 4.34. The van der Waals surface area contributed by atoms with Crippen LogP contribution in [0.4, 0.5) is 0 Å². The molecule has 0 amide bonds. The lowest BCUT2D eigenvalue weighted by Gasteiger charge is -2.36. The van der Waals surface area contributed by atoms with Crippen LogP contribution in [0.3, 0.4) is 0 Å². The molecule has 0 N–H and O–H groups in total. The Bertz CT molecular complexity index is 607. The Morgan fingerprint density at radius 3 is 2.27 bits per heavy atom. The minimum Gasteiger partial charge on any atom is -0.414 e. The van der Waals surface area contributed by atoms with Crippen molar-refractivity contribution in [3.8, 4) is 0 Å². The van der Waals surface area contributed by atoms with Gasteiger partial charge < -0.3 is 4.43 Å². The van der Waals surface area contributed by atoms with E-state index in [4.69, 9.17) is 12.8 Å². The summed E-state index contributed by atoms with van der Waals surface area (Å²) in [6.07, 6.45) is -1.31. The van der Waals surface area contributed by atoms with Crippen molar-refractivity contribution in [2.75, 3.05) is 6.61 Å². The topological polar surface area (TPSA) is 61.8 Å². The molecule has 0 radical (unpaired) electrons. The average Bonchev–Trinajstić information content (AvgIpc) is 2.72. The zero-order valence-corrected chi connectivity index (χ0v) is 15.5. The summed E-state index contributed by atoms with van der Waals surface area (Å²) in [6, 6.07) is 9.21. The summed E-state index contributed by atoms with van der Waals surface area (Å²) in [4.78, 5) is 0. The summed E-state index contributed by atoms with van der Waals surface area (Å²) in [7, 11) is -5.94. The summed E-state index contributed by atoms with van der Waals surface area (Å²) in [5, 5.41) is 0.0492. The minimum absolute atomic E-state index is 0.0492. The van der Waals surface area contributed by atoms with E-state index in [0.717, 1.165) is 5.56 Å². The van der Waals surface area contributed by atoms with Gasteiger partial charge in [0.25, 0.3) is 0 Å². The molecule has 0 unspecified atom stereocenters. The van der Waals surface area contributed by atoms with Crippen LogP contribution in [0.1, 0.15) is 32.4 Å². The van der Waals surface area contributed by atoms with Crippen LogP contribution in [-0.4, -0.2) is 29.4 Å². The fourth-order valence-electron chi connectivity index (χ4n) is 1.95. The molecule has 0 bridgehead atoms. The Morgan fingerprint density at radius 2 is 1.73 bits per heavy atom. The van der Waals surface area contributed by atoms with Gasteiger partial charge in [-0.05, 0) is 23.7 Å². The lowest BCUT2D eigenvalue weighted by Crippen LogP contribution is -2.43. The smallest absolute Gasteiger partial charge is 0.401 e. The van der Waals surface area contributed by atoms with Gasteiger partial charge in [0.2, 0.25) is 0 Å². The predicted molar refractivity (Wildman–Crippen MR) is 87.2 cm³/mol. The molecular weight excluding hydrogens is 320 g/mol. The van der Waals surface area contributed by atoms with E-state index >= 15 is 0 Å². The standard InChI is InChI=1S/C15H24O5SSi/c1-15(2,3)22(4,5)18-11-13-14(20-21(16,17)19-13)12-9-7-6-8-10-12/h6-10,13-14H,11H2,1-5H3/t13-,14-/m0/s1. The SMILES string of the molecule is CC(C)(C)[Si](C)(C)OC[C@@H]1OS(=O)(=O)O[C@H]1c1ccccc1. The summed E-state index contributed by atoms with van der Waals surface area (Å²) < 4.78 is 39.6. The predicted octanol–water partition coefficient (Wildman–Crippen LogP) is 3.41. The molecule has 0 saturated carbocycles. The van der Waals surface area contributed by atoms with Crippen LogP contribution in [0.2, 0.25) is 18.1 Å². The van der Waals surface area contributed by atoms with Gasteiger partial charge in [-0.15, -0.1) is 0 Å². The molecule has 124 valence electrons. The second-order valence-electron chi connectivity index (χ2n) is 7.04. The molecule has 1 aliphatic heterocycles. The number of hydrogen-bond acceptors (Lipinski definition) is 5. The monoisotopic (exact) mass is 344 g/mol. The van der Waals surface area contributed by atoms with Crippen LogP contribution in [0, 0.1) is 0 Å². The Balaban J connectivity index is 2.15. The van der Waals surface area contributed by atoms with Crippen molar-refractivity contribution in [1.82, 2.24) is 0 Å². The number of hydrogen-bond donors (Lipinski definition) is 0. The van der Waals surface area contributed by atoms with Crippen molar-refractivity contribution in [2.24, 2.45) is 0 Å². The Morgan fingerprint density at radius 1 is 1.14 bits per heavy atom. The van der Waals surface area contributed by atoms with Crippen LogP contribution < -0.4 is 0 Å². The first kappa shape index (κ1) is 17.6. The normalized spacial score (nSPS) is 25.3. The van der Waals surface area contributed by atoms with E-state index < -0.39 is 30.9 Å². The third-order valence-corrected chi connectivity index (χ3v) is 9.77. The molecule has 0 aromatic heterocycles. The maximum atomic E-state index is 11.7. The van der Waals surface area contributed by atoms with Gasteiger partial charge in [0.1, 0.15) is 12.2 Å². The quantitative estimate of drug-likeness (QED) is 0.783. The molecule has 1 aromatic carbocycles. The summed E-state index contributed by atoms with van der Waals surface area (Å²) >= 11 is 0. The van der Waals surface area contributed by atoms with Gasteiger partial charge in [-0.25, -0.2) is 8.37 Å². The van der Waals surface area contributed by atoms with E-state index in [2.05, 4.69) is 33.9 Å². The van der Waals surface area contributed by atoms with E-state index in [0.29, 0.717) is 0 Å². The Labute approximate surface area is 134 Å². The van der Waals surface area contributed by atoms with Crippen molar-refractivity contribution in [1.29, 1.82) is 0 Å². The highest BCUT2D eigenvalue weighted by Gasteiger charge is 2.44. The van der Waals surface area contributed by atoms with Crippen LogP contribution in [0.5, 0.6) is 0 Å². The molecular formula is C15H24O5SSi. The molecule has 5 nitrogen and oxygen atoms in total. The second kappa shape index (κ2) is 6.05. The first-order valence-electron chi connectivity index (χ1n) is 7.32. The first-order chi connectivity index (χ1) is 10.0. The van der Waals surface area contributed by atoms with Crippen LogP contribution in [-0.2, 0) is 23.2 Å². The molecule has 2 atom stereocenters. The molecule has 1 aliphatic rings. The molecule has 1 saturated heterocycles. The fourth-order valence-corrected chi connectivity index (χ4v) is 3.96. The molecule has 22 heavy (non-hydrogen) atoms. The van der Waals surface area contributed by atoms with Crippen molar-refractivity contribution >= 4 is 18.7 Å². The second-order valence-corrected chi connectivity index (χ2v) is 13.1. The first-order valence-corrected chi connectivity index (χ1v) is 11.6. The van der Waals surface area contributed by atoms with E-state index in [-0.39, 0.29) is 11.6 Å². The Hall–Kier alpha value is -0.733. The average molecular weight is 345 g/mol. The molecule has 2 rings (SSSR count). The van der Waals surface area contributed by atoms with Gasteiger partial charge in [0.15, 0.2) is 8.32 Å². The van der Waals surface area contributed by atoms with Crippen molar-refractivity contribution in [2.45, 2.75) is 51.1 Å². The van der Waals surface area contributed by atoms with Gasteiger partial charge in [-0.3, -0.25) is 0 Å². The maximum Gasteiger partial charge on any atom is 0.401 e. The van der Waals surface area contributed by atoms with Gasteiger partial charge in [-0.2, -0.15) is 8.42 Å². The van der Waals surface area contributed by atoms with Gasteiger partial charge in [0.05, 0.1) is 6.61 Å². The van der Waals surface area contributed by atoms with Gasteiger partial charge >= 0.3 is 10.4 Å². The summed E-state index contributed by atoms with van der Waals surface area (Å²) in [6.45, 7) is 10.9. The summed E-state index contributed by atoms with van der Waals surface area (Å²) in [5.41, 5.74) is 0.771. The third kappa shape index (κ3) is 3.97. The highest BCUT2D eigenvalue weighted by Crippen LogP contribution is 2.39. The van der Waals surface area contributed by atoms with Crippen molar-refractivity contribution in [3.63, 3.8) is 0 Å². The lowest BCUT2D eigenvalue weighted by molar-refractivity contribution is 0.0935. The number of benzene rings is 1. The molecule has 1 fully saturated rings. The molecule has 0 aliphatic carbocycles. The highest BCUT2D eigenvalue weighted by atomic mass is 32.3.